The molecule has 5 nitrogen and oxygen atoms in total. The van der Waals surface area contributed by atoms with E-state index in [2.05, 4.69) is 43.1 Å². The van der Waals surface area contributed by atoms with Gasteiger partial charge >= 0.3 is 6.03 Å². The van der Waals surface area contributed by atoms with Gasteiger partial charge in [0.1, 0.15) is 0 Å². The van der Waals surface area contributed by atoms with Gasteiger partial charge in [-0.2, -0.15) is 0 Å². The first-order chi connectivity index (χ1) is 11.0. The maximum atomic E-state index is 12.5. The molecule has 128 valence electrons. The Hall–Kier alpha value is -1.59. The van der Waals surface area contributed by atoms with Crippen LogP contribution in [-0.4, -0.2) is 73.1 Å². The number of hydrogen-bond acceptors (Lipinski definition) is 3. The third kappa shape index (κ3) is 5.22. The summed E-state index contributed by atoms with van der Waals surface area (Å²) in [6.45, 7) is 8.20. The number of nitrogens with zero attached hydrogens (tertiary/aromatic N) is 3. The molecular weight excluding hydrogens is 288 g/mol. The molecule has 2 atom stereocenters. The molecule has 5 heteroatoms. The van der Waals surface area contributed by atoms with E-state index in [9.17, 15) is 4.79 Å². The number of benzene rings is 1. The third-order valence-corrected chi connectivity index (χ3v) is 4.44. The Bertz CT molecular complexity index is 479. The van der Waals surface area contributed by atoms with E-state index in [1.807, 2.05) is 35.2 Å². The second-order valence-corrected chi connectivity index (χ2v) is 6.79. The van der Waals surface area contributed by atoms with Crippen molar-refractivity contribution in [3.8, 4) is 0 Å². The van der Waals surface area contributed by atoms with E-state index in [0.29, 0.717) is 12.1 Å². The number of rotatable bonds is 5. The second-order valence-electron chi connectivity index (χ2n) is 6.79. The van der Waals surface area contributed by atoms with Crippen molar-refractivity contribution in [2.45, 2.75) is 32.4 Å². The van der Waals surface area contributed by atoms with E-state index in [4.69, 9.17) is 0 Å². The van der Waals surface area contributed by atoms with Gasteiger partial charge in [-0.05, 0) is 53.0 Å². The first-order valence-electron chi connectivity index (χ1n) is 8.49. The zero-order chi connectivity index (χ0) is 16.8. The minimum atomic E-state index is 0.00263. The predicted octanol–water partition coefficient (Wildman–Crippen LogP) is 2.56. The minimum absolute atomic E-state index is 0.00263. The molecule has 1 heterocycles. The van der Waals surface area contributed by atoms with Gasteiger partial charge in [-0.25, -0.2) is 4.79 Å². The average molecular weight is 318 g/mol. The summed E-state index contributed by atoms with van der Waals surface area (Å²) in [5.41, 5.74) is 0.853. The van der Waals surface area contributed by atoms with Crippen LogP contribution in [0.2, 0.25) is 0 Å². The average Bonchev–Trinajstić information content (AvgIpc) is 2.50. The maximum absolute atomic E-state index is 12.5. The van der Waals surface area contributed by atoms with Gasteiger partial charge in [-0.15, -0.1) is 0 Å². The van der Waals surface area contributed by atoms with Crippen molar-refractivity contribution in [3.63, 3.8) is 0 Å². The molecule has 1 N–H and O–H groups in total. The van der Waals surface area contributed by atoms with Gasteiger partial charge in [-0.1, -0.05) is 18.2 Å². The molecule has 1 aliphatic rings. The standard InChI is InChI=1S/C18H30N4O/c1-15-13-21(18(23)19-17-9-6-5-7-10-17)14-16(2)22(15)12-8-11-20(3)4/h5-7,9-10,15-16H,8,11-14H2,1-4H3,(H,19,23). The van der Waals surface area contributed by atoms with E-state index >= 15 is 0 Å². The summed E-state index contributed by atoms with van der Waals surface area (Å²) in [4.78, 5) is 19.1. The number of nitrogens with one attached hydrogen (secondary N) is 1. The smallest absolute Gasteiger partial charge is 0.321 e. The second kappa shape index (κ2) is 8.31. The van der Waals surface area contributed by atoms with Crippen molar-refractivity contribution in [2.24, 2.45) is 0 Å². The molecule has 1 saturated heterocycles. The monoisotopic (exact) mass is 318 g/mol. The fourth-order valence-electron chi connectivity index (χ4n) is 3.26. The van der Waals surface area contributed by atoms with Crippen molar-refractivity contribution in [1.82, 2.24) is 14.7 Å². The lowest BCUT2D eigenvalue weighted by Crippen LogP contribution is -2.59. The van der Waals surface area contributed by atoms with Crippen molar-refractivity contribution in [2.75, 3.05) is 45.6 Å². The highest BCUT2D eigenvalue weighted by Gasteiger charge is 2.31. The van der Waals surface area contributed by atoms with Gasteiger partial charge < -0.3 is 15.1 Å². The number of amides is 2. The van der Waals surface area contributed by atoms with E-state index in [-0.39, 0.29) is 6.03 Å². The summed E-state index contributed by atoms with van der Waals surface area (Å²) in [5.74, 6) is 0. The predicted molar refractivity (Wildman–Crippen MR) is 95.8 cm³/mol. The van der Waals surface area contributed by atoms with Crippen LogP contribution < -0.4 is 5.32 Å². The van der Waals surface area contributed by atoms with Crippen molar-refractivity contribution in [1.29, 1.82) is 0 Å². The zero-order valence-corrected chi connectivity index (χ0v) is 14.8. The van der Waals surface area contributed by atoms with Crippen LogP contribution in [-0.2, 0) is 0 Å². The molecule has 0 radical (unpaired) electrons. The molecule has 23 heavy (non-hydrogen) atoms. The van der Waals surface area contributed by atoms with Crippen LogP contribution in [0.1, 0.15) is 20.3 Å². The molecule has 2 unspecified atom stereocenters. The molecule has 1 fully saturated rings. The van der Waals surface area contributed by atoms with Gasteiger partial charge in [0.15, 0.2) is 0 Å². The topological polar surface area (TPSA) is 38.8 Å². The number of carbonyl (C=O) groups excluding carboxylic acids is 1. The first-order valence-corrected chi connectivity index (χ1v) is 8.49. The third-order valence-electron chi connectivity index (χ3n) is 4.44. The lowest BCUT2D eigenvalue weighted by molar-refractivity contribution is 0.0565. The van der Waals surface area contributed by atoms with Crippen LogP contribution in [0.5, 0.6) is 0 Å². The molecule has 0 aromatic heterocycles. The Kier molecular flexibility index (Phi) is 6.42. The van der Waals surface area contributed by atoms with Gasteiger partial charge in [0.05, 0.1) is 0 Å². The fourth-order valence-corrected chi connectivity index (χ4v) is 3.26. The largest absolute Gasteiger partial charge is 0.321 e. The van der Waals surface area contributed by atoms with E-state index in [0.717, 1.165) is 38.3 Å². The summed E-state index contributed by atoms with van der Waals surface area (Å²) in [7, 11) is 4.22. The zero-order valence-electron chi connectivity index (χ0n) is 14.8. The molecule has 0 spiro atoms. The number of piperazine rings is 1. The fraction of sp³-hybridized carbons (Fsp3) is 0.611. The van der Waals surface area contributed by atoms with Crippen molar-refractivity contribution < 1.29 is 4.79 Å². The normalized spacial score (nSPS) is 22.4. The van der Waals surface area contributed by atoms with E-state index < -0.39 is 0 Å². The summed E-state index contributed by atoms with van der Waals surface area (Å²) in [6.07, 6.45) is 1.16. The Labute approximate surface area is 140 Å². The highest BCUT2D eigenvalue weighted by atomic mass is 16.2. The van der Waals surface area contributed by atoms with E-state index in [1.165, 1.54) is 0 Å². The van der Waals surface area contributed by atoms with Gasteiger partial charge in [0.2, 0.25) is 0 Å². The highest BCUT2D eigenvalue weighted by Crippen LogP contribution is 2.17. The molecule has 0 aliphatic carbocycles. The number of hydrogen-bond donors (Lipinski definition) is 1. The Morgan fingerprint density at radius 3 is 2.35 bits per heavy atom. The number of anilines is 1. The molecule has 1 aromatic rings. The molecule has 1 aromatic carbocycles. The Morgan fingerprint density at radius 1 is 1.17 bits per heavy atom. The molecule has 1 aliphatic heterocycles. The van der Waals surface area contributed by atoms with Crippen LogP contribution in [0, 0.1) is 0 Å². The molecule has 2 amide bonds. The van der Waals surface area contributed by atoms with Crippen LogP contribution in [0.25, 0.3) is 0 Å². The Morgan fingerprint density at radius 2 is 1.78 bits per heavy atom. The minimum Gasteiger partial charge on any atom is -0.321 e. The van der Waals surface area contributed by atoms with Crippen LogP contribution in [0.3, 0.4) is 0 Å². The summed E-state index contributed by atoms with van der Waals surface area (Å²) in [5, 5.41) is 2.99. The summed E-state index contributed by atoms with van der Waals surface area (Å²) in [6, 6.07) is 10.4. The molecule has 0 bridgehead atoms. The molecular formula is C18H30N4O. The quantitative estimate of drug-likeness (QED) is 0.907. The van der Waals surface area contributed by atoms with Gasteiger partial charge in [0.25, 0.3) is 0 Å². The maximum Gasteiger partial charge on any atom is 0.321 e. The first kappa shape index (κ1) is 17.8. The lowest BCUT2D eigenvalue weighted by atomic mass is 10.1. The van der Waals surface area contributed by atoms with Crippen LogP contribution in [0.4, 0.5) is 10.5 Å². The van der Waals surface area contributed by atoms with Crippen molar-refractivity contribution in [3.05, 3.63) is 30.3 Å². The van der Waals surface area contributed by atoms with Crippen LogP contribution >= 0.6 is 0 Å². The summed E-state index contributed by atoms with van der Waals surface area (Å²) < 4.78 is 0. The van der Waals surface area contributed by atoms with Gasteiger partial charge in [-0.3, -0.25) is 4.90 Å². The number of urea groups is 1. The van der Waals surface area contributed by atoms with Gasteiger partial charge in [0, 0.05) is 37.4 Å². The lowest BCUT2D eigenvalue weighted by Gasteiger charge is -2.44. The van der Waals surface area contributed by atoms with E-state index in [1.54, 1.807) is 0 Å². The molecule has 2 rings (SSSR count). The summed E-state index contributed by atoms with van der Waals surface area (Å²) >= 11 is 0. The SMILES string of the molecule is CC1CN(C(=O)Nc2ccccc2)CC(C)N1CCCN(C)C. The van der Waals surface area contributed by atoms with Crippen LogP contribution in [0.15, 0.2) is 30.3 Å². The molecule has 0 saturated carbocycles. The number of carbonyl (C=O) groups is 1. The highest BCUT2D eigenvalue weighted by molar-refractivity contribution is 5.89. The van der Waals surface area contributed by atoms with Crippen molar-refractivity contribution >= 4 is 11.7 Å². The number of para-hydroxylation sites is 1. The Balaban J connectivity index is 1.86.